The second kappa shape index (κ2) is 18.5. The fourth-order valence-corrected chi connectivity index (χ4v) is 8.52. The maximum Gasteiger partial charge on any atom is 0.408 e. The van der Waals surface area contributed by atoms with Crippen LogP contribution in [0.4, 0.5) is 4.79 Å². The van der Waals surface area contributed by atoms with Gasteiger partial charge in [0, 0.05) is 5.75 Å². The lowest BCUT2D eigenvalue weighted by atomic mass is 9.87. The fraction of sp³-hybridized carbons (Fsp3) is 0.204. The van der Waals surface area contributed by atoms with Crippen molar-refractivity contribution in [1.29, 1.82) is 0 Å². The van der Waals surface area contributed by atoms with Gasteiger partial charge in [-0.25, -0.2) is 9.59 Å². The summed E-state index contributed by atoms with van der Waals surface area (Å²) in [5.74, 6) is -2.54. The first-order valence-corrected chi connectivity index (χ1v) is 20.7. The van der Waals surface area contributed by atoms with Crippen molar-refractivity contribution in [3.63, 3.8) is 0 Å². The van der Waals surface area contributed by atoms with Crippen molar-refractivity contribution >= 4 is 41.4 Å². The Morgan fingerprint density at radius 3 is 1.65 bits per heavy atom. The molecule has 2 aliphatic heterocycles. The van der Waals surface area contributed by atoms with Crippen LogP contribution in [-0.2, 0) is 28.7 Å². The number of hydrogen-bond acceptors (Lipinski definition) is 8. The molecule has 5 aromatic carbocycles. The molecule has 0 aromatic heterocycles. The molecule has 7 rings (SSSR count). The average Bonchev–Trinajstić information content (AvgIpc) is 3.26. The Morgan fingerprint density at radius 2 is 1.17 bits per heavy atom. The molecule has 60 heavy (non-hydrogen) atoms. The highest BCUT2D eigenvalue weighted by Crippen LogP contribution is 2.42. The van der Waals surface area contributed by atoms with Gasteiger partial charge in [0.05, 0.1) is 5.92 Å². The van der Waals surface area contributed by atoms with Crippen LogP contribution in [-0.4, -0.2) is 57.3 Å². The van der Waals surface area contributed by atoms with Crippen molar-refractivity contribution in [1.82, 2.24) is 15.5 Å². The summed E-state index contributed by atoms with van der Waals surface area (Å²) in [7, 11) is 0. The Kier molecular flexibility index (Phi) is 12.8. The molecule has 0 radical (unpaired) electrons. The van der Waals surface area contributed by atoms with Crippen molar-refractivity contribution in [2.24, 2.45) is 0 Å². The minimum absolute atomic E-state index is 0.0161. The van der Waals surface area contributed by atoms with E-state index in [2.05, 4.69) is 10.6 Å². The summed E-state index contributed by atoms with van der Waals surface area (Å²) in [6.45, 7) is 5.15. The van der Waals surface area contributed by atoms with Crippen molar-refractivity contribution in [3.05, 3.63) is 203 Å². The lowest BCUT2D eigenvalue weighted by Crippen LogP contribution is -2.71. The molecule has 0 aliphatic carbocycles. The zero-order chi connectivity index (χ0) is 42.2. The second-order valence-corrected chi connectivity index (χ2v) is 16.5. The molecule has 3 amide bonds. The van der Waals surface area contributed by atoms with Gasteiger partial charge < -0.3 is 20.1 Å². The number of allylic oxidation sites excluding steroid dienone is 2. The lowest BCUT2D eigenvalue weighted by molar-refractivity contribution is -0.154. The van der Waals surface area contributed by atoms with E-state index in [1.54, 1.807) is 57.2 Å². The van der Waals surface area contributed by atoms with Crippen LogP contribution in [0.3, 0.4) is 0 Å². The number of hydrogen-bond donors (Lipinski definition) is 2. The highest BCUT2D eigenvalue weighted by Gasteiger charge is 2.55. The van der Waals surface area contributed by atoms with Gasteiger partial charge in [-0.2, -0.15) is 0 Å². The third-order valence-corrected chi connectivity index (χ3v) is 11.3. The second-order valence-electron chi connectivity index (χ2n) is 15.4. The number of esters is 1. The van der Waals surface area contributed by atoms with Crippen LogP contribution in [0.5, 0.6) is 0 Å². The molecule has 3 atom stereocenters. The van der Waals surface area contributed by atoms with Gasteiger partial charge in [0.15, 0.2) is 11.9 Å². The van der Waals surface area contributed by atoms with Crippen molar-refractivity contribution in [2.45, 2.75) is 55.9 Å². The number of nitrogens with zero attached hydrogens (tertiary/aromatic N) is 1. The summed E-state index contributed by atoms with van der Waals surface area (Å²) in [6, 6.07) is 44.0. The molecule has 1 saturated heterocycles. The van der Waals surface area contributed by atoms with Crippen LogP contribution in [0.2, 0.25) is 0 Å². The van der Waals surface area contributed by atoms with Crippen molar-refractivity contribution in [2.75, 3.05) is 5.75 Å². The van der Waals surface area contributed by atoms with Crippen LogP contribution in [0.15, 0.2) is 175 Å². The molecule has 0 saturated carbocycles. The topological polar surface area (TPSA) is 131 Å². The Hall–Kier alpha value is -6.72. The third kappa shape index (κ3) is 9.59. The quantitative estimate of drug-likeness (QED) is 0.0691. The van der Waals surface area contributed by atoms with Crippen molar-refractivity contribution in [3.8, 4) is 0 Å². The van der Waals surface area contributed by atoms with E-state index in [-0.39, 0.29) is 17.2 Å². The number of carbonyl (C=O) groups excluding carboxylic acids is 5. The molecule has 304 valence electrons. The first-order chi connectivity index (χ1) is 29.0. The number of ether oxygens (including phenoxy) is 2. The van der Waals surface area contributed by atoms with E-state index in [4.69, 9.17) is 9.47 Å². The number of β-lactam (4-membered cyclic amide) rings is 1. The molecule has 10 nitrogen and oxygen atoms in total. The summed E-state index contributed by atoms with van der Waals surface area (Å²) in [4.78, 5) is 71.2. The predicted molar refractivity (Wildman–Crippen MR) is 230 cm³/mol. The first-order valence-electron chi connectivity index (χ1n) is 19.6. The van der Waals surface area contributed by atoms with Crippen LogP contribution in [0.25, 0.3) is 0 Å². The minimum Gasteiger partial charge on any atom is -0.448 e. The summed E-state index contributed by atoms with van der Waals surface area (Å²) in [5.41, 5.74) is 3.14. The monoisotopic (exact) mass is 819 g/mol. The number of amides is 3. The SMILES string of the molecule is CC(C)(C)OC(=O)NC(C(=O)N[C@@H]1C(=O)N2C(C(=O)OC(c3ccccc3)c3ccccc3)=C(C=CC(=O)C(c3ccccc3)c3ccccc3)CS[C@@H]12)c1ccccc1. The van der Waals surface area contributed by atoms with Gasteiger partial charge in [0.1, 0.15) is 28.8 Å². The molecule has 5 aromatic rings. The van der Waals surface area contributed by atoms with E-state index in [0.717, 1.165) is 22.3 Å². The summed E-state index contributed by atoms with van der Waals surface area (Å²) >= 11 is 1.34. The van der Waals surface area contributed by atoms with E-state index in [0.29, 0.717) is 11.1 Å². The van der Waals surface area contributed by atoms with E-state index < -0.39 is 59.0 Å². The Morgan fingerprint density at radius 1 is 0.700 bits per heavy atom. The molecular formula is C49H45N3O7S. The predicted octanol–water partition coefficient (Wildman–Crippen LogP) is 8.20. The van der Waals surface area contributed by atoms with Gasteiger partial charge in [0.25, 0.3) is 5.91 Å². The molecule has 2 aliphatic rings. The first kappa shape index (κ1) is 41.4. The van der Waals surface area contributed by atoms with E-state index >= 15 is 0 Å². The van der Waals surface area contributed by atoms with Crippen molar-refractivity contribution < 1.29 is 33.4 Å². The summed E-state index contributed by atoms with van der Waals surface area (Å²) in [6.07, 6.45) is 1.43. The van der Waals surface area contributed by atoms with E-state index in [1.165, 1.54) is 22.7 Å². The fourth-order valence-electron chi connectivity index (χ4n) is 7.21. The molecule has 1 fully saturated rings. The molecular weight excluding hydrogens is 775 g/mol. The maximum atomic E-state index is 14.6. The zero-order valence-corrected chi connectivity index (χ0v) is 34.2. The number of alkyl carbamates (subject to hydrolysis) is 1. The van der Waals surface area contributed by atoms with Crippen LogP contribution >= 0.6 is 11.8 Å². The number of carbonyl (C=O) groups is 5. The molecule has 1 unspecified atom stereocenters. The summed E-state index contributed by atoms with van der Waals surface area (Å²) in [5, 5.41) is 4.79. The Balaban J connectivity index is 1.21. The van der Waals surface area contributed by atoms with Gasteiger partial charge in [-0.1, -0.05) is 158 Å². The van der Waals surface area contributed by atoms with E-state index in [1.807, 2.05) is 121 Å². The molecule has 2 heterocycles. The largest absolute Gasteiger partial charge is 0.448 e. The number of fused-ring (bicyclic) bond motifs is 1. The van der Waals surface area contributed by atoms with Gasteiger partial charge in [-0.05, 0) is 60.2 Å². The number of benzene rings is 5. The average molecular weight is 820 g/mol. The Labute approximate surface area is 353 Å². The van der Waals surface area contributed by atoms with E-state index in [9.17, 15) is 24.0 Å². The standard InChI is InChI=1S/C49H45N3O7S/c1-49(2,3)59-48(57)51-40(34-23-13-6-14-24-34)44(54)50-41-45(55)52-42(47(56)58-43(35-25-15-7-16-26-35)36-27-17-8-18-28-36)37(31-60-46(41)52)29-30-38(53)39(32-19-9-4-10-20-32)33-21-11-5-12-22-33/h4-30,39-41,43,46H,31H2,1-3H3,(H,50,54)(H,51,57)/t40?,41-,46+/m1/s1. The smallest absolute Gasteiger partial charge is 0.408 e. The summed E-state index contributed by atoms with van der Waals surface area (Å²) < 4.78 is 11.8. The van der Waals surface area contributed by atoms with Gasteiger partial charge in [-0.3, -0.25) is 19.3 Å². The molecule has 0 spiro atoms. The molecule has 0 bridgehead atoms. The Bertz CT molecular complexity index is 2310. The number of rotatable bonds is 13. The highest BCUT2D eigenvalue weighted by atomic mass is 32.2. The maximum absolute atomic E-state index is 14.6. The van der Waals surface area contributed by atoms with Gasteiger partial charge in [-0.15, -0.1) is 11.8 Å². The van der Waals surface area contributed by atoms with Crippen LogP contribution in [0, 0.1) is 0 Å². The van der Waals surface area contributed by atoms with Crippen LogP contribution < -0.4 is 10.6 Å². The third-order valence-electron chi connectivity index (χ3n) is 9.97. The molecule has 2 N–H and O–H groups in total. The molecule has 11 heteroatoms. The van der Waals surface area contributed by atoms with Gasteiger partial charge in [0.2, 0.25) is 5.91 Å². The number of thioether (sulfide) groups is 1. The lowest BCUT2D eigenvalue weighted by Gasteiger charge is -2.49. The minimum atomic E-state index is -1.18. The van der Waals surface area contributed by atoms with Crippen LogP contribution in [0.1, 0.15) is 66.7 Å². The zero-order valence-electron chi connectivity index (χ0n) is 33.4. The highest BCUT2D eigenvalue weighted by molar-refractivity contribution is 8.00. The van der Waals surface area contributed by atoms with Gasteiger partial charge >= 0.3 is 12.1 Å². The number of ketones is 1. The normalized spacial score (nSPS) is 16.8. The number of nitrogens with one attached hydrogen (secondary N) is 2.